The minimum atomic E-state index is 0.514. The van der Waals surface area contributed by atoms with Crippen LogP contribution >= 0.6 is 11.6 Å². The summed E-state index contributed by atoms with van der Waals surface area (Å²) in [6, 6.07) is 12.2. The molecule has 1 saturated heterocycles. The molecular formula is C17H16ClN3. The standard InChI is InChI=1S/C17H16ClN3/c18-14-8-6-12-4-5-13-7-9-15(20-17(13)16(12)19-14)21-10-2-1-3-11-21/h4-9H,1-3,10-11H2. The van der Waals surface area contributed by atoms with Crippen LogP contribution in [0.5, 0.6) is 0 Å². The molecule has 0 saturated carbocycles. The van der Waals surface area contributed by atoms with Gasteiger partial charge in [0.25, 0.3) is 0 Å². The Morgan fingerprint density at radius 2 is 1.38 bits per heavy atom. The maximum absolute atomic E-state index is 6.06. The van der Waals surface area contributed by atoms with Gasteiger partial charge < -0.3 is 4.90 Å². The van der Waals surface area contributed by atoms with Crippen molar-refractivity contribution < 1.29 is 0 Å². The van der Waals surface area contributed by atoms with E-state index >= 15 is 0 Å². The van der Waals surface area contributed by atoms with E-state index in [2.05, 4.69) is 34.1 Å². The molecule has 1 aliphatic heterocycles. The van der Waals surface area contributed by atoms with Crippen molar-refractivity contribution in [1.82, 2.24) is 9.97 Å². The summed E-state index contributed by atoms with van der Waals surface area (Å²) in [5, 5.41) is 2.70. The lowest BCUT2D eigenvalue weighted by atomic mass is 10.1. The second-order valence-corrected chi connectivity index (χ2v) is 5.95. The van der Waals surface area contributed by atoms with Crippen molar-refractivity contribution in [3.8, 4) is 0 Å². The molecule has 0 N–H and O–H groups in total. The predicted octanol–water partition coefficient (Wildman–Crippen LogP) is 4.43. The zero-order valence-corrected chi connectivity index (χ0v) is 12.5. The molecule has 4 heteroatoms. The minimum absolute atomic E-state index is 0.514. The van der Waals surface area contributed by atoms with Gasteiger partial charge in [-0.15, -0.1) is 0 Å². The number of anilines is 1. The lowest BCUT2D eigenvalue weighted by Crippen LogP contribution is -2.30. The van der Waals surface area contributed by atoms with Crippen molar-refractivity contribution in [2.45, 2.75) is 19.3 Å². The van der Waals surface area contributed by atoms with Gasteiger partial charge in [0.2, 0.25) is 0 Å². The molecule has 21 heavy (non-hydrogen) atoms. The number of hydrogen-bond acceptors (Lipinski definition) is 3. The van der Waals surface area contributed by atoms with Crippen LogP contribution in [0.3, 0.4) is 0 Å². The van der Waals surface area contributed by atoms with E-state index in [4.69, 9.17) is 16.6 Å². The summed E-state index contributed by atoms with van der Waals surface area (Å²) in [6.07, 6.45) is 3.82. The highest BCUT2D eigenvalue weighted by atomic mass is 35.5. The summed E-state index contributed by atoms with van der Waals surface area (Å²) >= 11 is 6.06. The van der Waals surface area contributed by atoms with Gasteiger partial charge >= 0.3 is 0 Å². The Bertz CT molecular complexity index is 810. The van der Waals surface area contributed by atoms with Crippen LogP contribution in [0.25, 0.3) is 21.8 Å². The summed E-state index contributed by atoms with van der Waals surface area (Å²) < 4.78 is 0. The number of nitrogens with zero attached hydrogens (tertiary/aromatic N) is 3. The average Bonchev–Trinajstić information content (AvgIpc) is 2.55. The van der Waals surface area contributed by atoms with Crippen LogP contribution in [0.15, 0.2) is 36.4 Å². The number of rotatable bonds is 1. The first-order valence-corrected chi connectivity index (χ1v) is 7.80. The Morgan fingerprint density at radius 1 is 0.762 bits per heavy atom. The first kappa shape index (κ1) is 12.8. The van der Waals surface area contributed by atoms with E-state index in [9.17, 15) is 0 Å². The van der Waals surface area contributed by atoms with Crippen LogP contribution in [0.1, 0.15) is 19.3 Å². The molecule has 0 amide bonds. The number of piperidine rings is 1. The zero-order chi connectivity index (χ0) is 14.2. The molecule has 0 radical (unpaired) electrons. The van der Waals surface area contributed by atoms with Crippen molar-refractivity contribution in [2.75, 3.05) is 18.0 Å². The molecule has 4 rings (SSSR count). The van der Waals surface area contributed by atoms with Gasteiger partial charge in [-0.25, -0.2) is 9.97 Å². The van der Waals surface area contributed by atoms with Crippen molar-refractivity contribution >= 4 is 39.2 Å². The molecule has 3 nitrogen and oxygen atoms in total. The van der Waals surface area contributed by atoms with Crippen LogP contribution in [0.2, 0.25) is 5.15 Å². The number of fused-ring (bicyclic) bond motifs is 3. The summed E-state index contributed by atoms with van der Waals surface area (Å²) in [5.74, 6) is 1.05. The van der Waals surface area contributed by atoms with Gasteiger partial charge in [-0.05, 0) is 43.5 Å². The van der Waals surface area contributed by atoms with Gasteiger partial charge in [-0.1, -0.05) is 23.7 Å². The molecule has 1 aromatic carbocycles. The van der Waals surface area contributed by atoms with Crippen molar-refractivity contribution in [3.63, 3.8) is 0 Å². The van der Waals surface area contributed by atoms with Crippen LogP contribution in [-0.2, 0) is 0 Å². The molecular weight excluding hydrogens is 282 g/mol. The van der Waals surface area contributed by atoms with Crippen LogP contribution < -0.4 is 4.90 Å². The highest BCUT2D eigenvalue weighted by molar-refractivity contribution is 6.30. The number of halogens is 1. The Balaban J connectivity index is 1.91. The third-order valence-corrected chi connectivity index (χ3v) is 4.36. The summed E-state index contributed by atoms with van der Waals surface area (Å²) in [7, 11) is 0. The van der Waals surface area contributed by atoms with E-state index in [0.717, 1.165) is 40.7 Å². The topological polar surface area (TPSA) is 29.0 Å². The van der Waals surface area contributed by atoms with Crippen LogP contribution in [0, 0.1) is 0 Å². The fourth-order valence-corrected chi connectivity index (χ4v) is 3.18. The van der Waals surface area contributed by atoms with E-state index < -0.39 is 0 Å². The molecule has 1 aliphatic rings. The normalized spacial score (nSPS) is 15.8. The fraction of sp³-hybridized carbons (Fsp3) is 0.294. The Kier molecular flexibility index (Phi) is 3.15. The van der Waals surface area contributed by atoms with Crippen LogP contribution in [-0.4, -0.2) is 23.1 Å². The summed E-state index contributed by atoms with van der Waals surface area (Å²) in [6.45, 7) is 2.19. The Labute approximate surface area is 128 Å². The van der Waals surface area contributed by atoms with Crippen molar-refractivity contribution in [2.24, 2.45) is 0 Å². The maximum Gasteiger partial charge on any atom is 0.129 e. The molecule has 1 fully saturated rings. The molecule has 0 unspecified atom stereocenters. The van der Waals surface area contributed by atoms with E-state index in [1.54, 1.807) is 0 Å². The predicted molar refractivity (Wildman–Crippen MR) is 88.1 cm³/mol. The smallest absolute Gasteiger partial charge is 0.129 e. The Morgan fingerprint density at radius 3 is 2.14 bits per heavy atom. The Hall–Kier alpha value is -1.87. The second kappa shape index (κ2) is 5.15. The molecule has 2 aromatic heterocycles. The average molecular weight is 298 g/mol. The van der Waals surface area contributed by atoms with Gasteiger partial charge in [-0.2, -0.15) is 0 Å². The summed E-state index contributed by atoms with van der Waals surface area (Å²) in [4.78, 5) is 11.7. The lowest BCUT2D eigenvalue weighted by Gasteiger charge is -2.27. The van der Waals surface area contributed by atoms with E-state index in [0.29, 0.717) is 5.15 Å². The van der Waals surface area contributed by atoms with E-state index in [1.165, 1.54) is 19.3 Å². The lowest BCUT2D eigenvalue weighted by molar-refractivity contribution is 0.574. The van der Waals surface area contributed by atoms with Gasteiger partial charge in [0.1, 0.15) is 11.0 Å². The first-order chi connectivity index (χ1) is 10.3. The van der Waals surface area contributed by atoms with Crippen molar-refractivity contribution in [3.05, 3.63) is 41.6 Å². The fourth-order valence-electron chi connectivity index (χ4n) is 3.03. The van der Waals surface area contributed by atoms with Gasteiger partial charge in [0.05, 0.1) is 11.0 Å². The van der Waals surface area contributed by atoms with Crippen molar-refractivity contribution in [1.29, 1.82) is 0 Å². The largest absolute Gasteiger partial charge is 0.357 e. The minimum Gasteiger partial charge on any atom is -0.357 e. The monoisotopic (exact) mass is 297 g/mol. The third kappa shape index (κ3) is 2.32. The third-order valence-electron chi connectivity index (χ3n) is 4.15. The number of benzene rings is 1. The van der Waals surface area contributed by atoms with Gasteiger partial charge in [-0.3, -0.25) is 0 Å². The molecule has 0 bridgehead atoms. The molecule has 0 aliphatic carbocycles. The number of pyridine rings is 2. The number of aromatic nitrogens is 2. The van der Waals surface area contributed by atoms with Gasteiger partial charge in [0, 0.05) is 23.9 Å². The quantitative estimate of drug-likeness (QED) is 0.491. The molecule has 0 spiro atoms. The molecule has 3 heterocycles. The maximum atomic E-state index is 6.06. The summed E-state index contributed by atoms with van der Waals surface area (Å²) in [5.41, 5.74) is 1.83. The zero-order valence-electron chi connectivity index (χ0n) is 11.7. The van der Waals surface area contributed by atoms with Gasteiger partial charge in [0.15, 0.2) is 0 Å². The molecule has 0 atom stereocenters. The van der Waals surface area contributed by atoms with Crippen LogP contribution in [0.4, 0.5) is 5.82 Å². The highest BCUT2D eigenvalue weighted by Crippen LogP contribution is 2.27. The van der Waals surface area contributed by atoms with E-state index in [-0.39, 0.29) is 0 Å². The number of hydrogen-bond donors (Lipinski definition) is 0. The highest BCUT2D eigenvalue weighted by Gasteiger charge is 2.13. The SMILES string of the molecule is Clc1ccc2ccc3ccc(N4CCCCC4)nc3c2n1. The second-order valence-electron chi connectivity index (χ2n) is 5.56. The van der Waals surface area contributed by atoms with E-state index in [1.807, 2.05) is 12.1 Å². The first-order valence-electron chi connectivity index (χ1n) is 7.42. The molecule has 106 valence electrons. The molecule has 3 aromatic rings.